The molecule has 7 nitrogen and oxygen atoms in total. The second-order valence-corrected chi connectivity index (χ2v) is 12.9. The van der Waals surface area contributed by atoms with E-state index in [1.807, 2.05) is 47.4 Å². The van der Waals surface area contributed by atoms with Gasteiger partial charge in [-0.15, -0.1) is 22.7 Å². The van der Waals surface area contributed by atoms with E-state index >= 15 is 0 Å². The number of fused-ring (bicyclic) bond motifs is 2. The summed E-state index contributed by atoms with van der Waals surface area (Å²) in [6.45, 7) is 0. The highest BCUT2D eigenvalue weighted by atomic mass is 32.1. The molecule has 9 aromatic rings. The normalized spacial score (nSPS) is 11.6. The summed E-state index contributed by atoms with van der Waals surface area (Å²) in [7, 11) is 0. The van der Waals surface area contributed by atoms with Crippen LogP contribution in [0.4, 0.5) is 0 Å². The van der Waals surface area contributed by atoms with Crippen LogP contribution in [0, 0.1) is 0 Å². The van der Waals surface area contributed by atoms with Crippen molar-refractivity contribution in [3.05, 3.63) is 115 Å². The Hall–Kier alpha value is -5.29. The number of aromatic nitrogens is 6. The largest absolute Gasteiger partial charge is 0.456 e. The van der Waals surface area contributed by atoms with E-state index in [0.717, 1.165) is 59.9 Å². The van der Waals surface area contributed by atoms with Crippen LogP contribution in [0.1, 0.15) is 0 Å². The van der Waals surface area contributed by atoms with E-state index in [2.05, 4.69) is 53.5 Å². The summed E-state index contributed by atoms with van der Waals surface area (Å²) in [4.78, 5) is 23.8. The van der Waals surface area contributed by atoms with Crippen LogP contribution in [-0.4, -0.2) is 29.3 Å². The van der Waals surface area contributed by atoms with Crippen molar-refractivity contribution in [3.8, 4) is 66.4 Å². The molecule has 3 aromatic carbocycles. The summed E-state index contributed by atoms with van der Waals surface area (Å²) >= 11 is 4.75. The fourth-order valence-electron chi connectivity index (χ4n) is 5.90. The number of para-hydroxylation sites is 1. The molecule has 214 valence electrons. The van der Waals surface area contributed by atoms with Crippen molar-refractivity contribution in [1.29, 1.82) is 0 Å². The minimum Gasteiger partial charge on any atom is -0.456 e. The van der Waals surface area contributed by atoms with Crippen LogP contribution in [0.2, 0.25) is 0 Å². The molecule has 0 saturated heterocycles. The zero-order valence-corrected chi connectivity index (χ0v) is 25.8. The number of thiophene rings is 1. The van der Waals surface area contributed by atoms with E-state index < -0.39 is 0 Å². The summed E-state index contributed by atoms with van der Waals surface area (Å²) in [5.74, 6) is 1.95. The number of aromatic amines is 1. The number of furan rings is 1. The molecule has 0 amide bonds. The maximum atomic E-state index is 6.72. The zero-order chi connectivity index (χ0) is 29.7. The van der Waals surface area contributed by atoms with Gasteiger partial charge in [-0.2, -0.15) is 4.37 Å². The van der Waals surface area contributed by atoms with Crippen LogP contribution in [0.25, 0.3) is 87.4 Å². The quantitative estimate of drug-likeness (QED) is 0.195. The Morgan fingerprint density at radius 1 is 0.644 bits per heavy atom. The maximum absolute atomic E-state index is 6.72. The molecule has 0 unspecified atom stereocenters. The first-order chi connectivity index (χ1) is 22.3. The fraction of sp³-hybridized carbons (Fsp3) is 0. The van der Waals surface area contributed by atoms with Gasteiger partial charge in [0.05, 0.1) is 5.69 Å². The number of hydrogen-bond donors (Lipinski definition) is 1. The van der Waals surface area contributed by atoms with Gasteiger partial charge in [0.15, 0.2) is 5.82 Å². The highest BCUT2D eigenvalue weighted by Crippen LogP contribution is 2.56. The molecule has 0 bridgehead atoms. The van der Waals surface area contributed by atoms with Gasteiger partial charge >= 0.3 is 0 Å². The molecule has 0 saturated carbocycles. The van der Waals surface area contributed by atoms with Gasteiger partial charge in [0.2, 0.25) is 0 Å². The van der Waals surface area contributed by atoms with E-state index in [0.29, 0.717) is 17.4 Å². The topological polar surface area (TPSA) is 93.4 Å². The van der Waals surface area contributed by atoms with E-state index in [-0.39, 0.29) is 0 Å². The number of H-pyrrole nitrogens is 1. The smallest absolute Gasteiger partial charge is 0.160 e. The van der Waals surface area contributed by atoms with Gasteiger partial charge < -0.3 is 9.40 Å². The standard InChI is InChI=1S/C35H20N6OS3/c1-3-8-23-20(6-1)18-24(42-23)28-29(26-19-21-7-2-4-9-25(21)45-26)32(35-40-15-17-43-35)27(22-10-16-44-41-22)30(33-38-13-14-39-33)31(28)34-36-11-5-12-37-34/h1-19H,(H,38,39). The number of nitrogens with one attached hydrogen (secondary N) is 1. The predicted octanol–water partition coefficient (Wildman–Crippen LogP) is 10.1. The average molecular weight is 637 g/mol. The van der Waals surface area contributed by atoms with Crippen molar-refractivity contribution in [1.82, 2.24) is 29.3 Å². The van der Waals surface area contributed by atoms with Gasteiger partial charge in [0, 0.05) is 90.1 Å². The van der Waals surface area contributed by atoms with Crippen LogP contribution in [-0.2, 0) is 0 Å². The van der Waals surface area contributed by atoms with Crippen molar-refractivity contribution in [2.75, 3.05) is 0 Å². The Kier molecular flexibility index (Phi) is 6.22. The highest BCUT2D eigenvalue weighted by molar-refractivity contribution is 7.22. The number of rotatable bonds is 6. The van der Waals surface area contributed by atoms with Gasteiger partial charge in [-0.25, -0.2) is 19.9 Å². The first-order valence-corrected chi connectivity index (χ1v) is 16.7. The highest BCUT2D eigenvalue weighted by Gasteiger charge is 2.34. The minimum atomic E-state index is 0.559. The monoisotopic (exact) mass is 636 g/mol. The molecule has 45 heavy (non-hydrogen) atoms. The number of imidazole rings is 1. The summed E-state index contributed by atoms with van der Waals surface area (Å²) in [5, 5.41) is 7.06. The van der Waals surface area contributed by atoms with Crippen molar-refractivity contribution in [2.45, 2.75) is 0 Å². The lowest BCUT2D eigenvalue weighted by atomic mass is 9.82. The lowest BCUT2D eigenvalue weighted by molar-refractivity contribution is 0.632. The number of benzene rings is 3. The molecule has 10 heteroatoms. The molecule has 9 rings (SSSR count). The van der Waals surface area contributed by atoms with Crippen LogP contribution in [0.3, 0.4) is 0 Å². The first-order valence-electron chi connectivity index (χ1n) is 14.1. The maximum Gasteiger partial charge on any atom is 0.160 e. The molecule has 0 aliphatic heterocycles. The van der Waals surface area contributed by atoms with E-state index in [1.54, 1.807) is 41.3 Å². The molecule has 0 spiro atoms. The average Bonchev–Trinajstić information content (AvgIpc) is 3.93. The van der Waals surface area contributed by atoms with Crippen LogP contribution < -0.4 is 0 Å². The molecular weight excluding hydrogens is 617 g/mol. The summed E-state index contributed by atoms with van der Waals surface area (Å²) < 4.78 is 12.8. The number of nitrogens with zero attached hydrogens (tertiary/aromatic N) is 5. The third-order valence-corrected chi connectivity index (χ3v) is 10.2. The van der Waals surface area contributed by atoms with Crippen LogP contribution in [0.15, 0.2) is 119 Å². The summed E-state index contributed by atoms with van der Waals surface area (Å²) in [6.07, 6.45) is 8.99. The summed E-state index contributed by atoms with van der Waals surface area (Å²) in [6, 6.07) is 24.8. The van der Waals surface area contributed by atoms with Crippen molar-refractivity contribution < 1.29 is 4.42 Å². The molecule has 1 N–H and O–H groups in total. The lowest BCUT2D eigenvalue weighted by Gasteiger charge is -2.23. The zero-order valence-electron chi connectivity index (χ0n) is 23.3. The van der Waals surface area contributed by atoms with Crippen molar-refractivity contribution in [3.63, 3.8) is 0 Å². The SMILES string of the molecule is c1cnc(-c2c(-c3ncc[nH]3)c(-c3ccsn3)c(-c3nccs3)c(-c3cc4ccccc4s3)c2-c2cc3ccccc3o2)nc1. The van der Waals surface area contributed by atoms with Crippen LogP contribution in [0.5, 0.6) is 0 Å². The second-order valence-electron chi connectivity index (χ2n) is 10.3. The van der Waals surface area contributed by atoms with E-state index in [4.69, 9.17) is 28.7 Å². The Labute approximate surface area is 268 Å². The first kappa shape index (κ1) is 26.1. The van der Waals surface area contributed by atoms with E-state index in [1.165, 1.54) is 21.6 Å². The second kappa shape index (κ2) is 10.7. The predicted molar refractivity (Wildman–Crippen MR) is 183 cm³/mol. The Balaban J connectivity index is 1.57. The van der Waals surface area contributed by atoms with E-state index in [9.17, 15) is 0 Å². The van der Waals surface area contributed by atoms with Crippen molar-refractivity contribution >= 4 is 55.3 Å². The third-order valence-electron chi connectivity index (χ3n) is 7.71. The molecule has 0 atom stereocenters. The Morgan fingerprint density at radius 2 is 1.51 bits per heavy atom. The molecule has 0 aliphatic carbocycles. The Bertz CT molecular complexity index is 2360. The minimum absolute atomic E-state index is 0.559. The number of hydrogen-bond acceptors (Lipinski definition) is 9. The summed E-state index contributed by atoms with van der Waals surface area (Å²) in [5.41, 5.74) is 7.01. The third kappa shape index (κ3) is 4.33. The molecule has 0 fully saturated rings. The fourth-order valence-corrected chi connectivity index (χ4v) is 8.23. The van der Waals surface area contributed by atoms with Gasteiger partial charge in [0.1, 0.15) is 22.2 Å². The number of thiazole rings is 1. The van der Waals surface area contributed by atoms with Crippen molar-refractivity contribution in [2.24, 2.45) is 0 Å². The molecule has 6 heterocycles. The van der Waals surface area contributed by atoms with Gasteiger partial charge in [-0.1, -0.05) is 36.4 Å². The molecule has 0 aliphatic rings. The van der Waals surface area contributed by atoms with Gasteiger partial charge in [-0.3, -0.25) is 0 Å². The molecular formula is C35H20N6OS3. The van der Waals surface area contributed by atoms with Gasteiger partial charge in [-0.05, 0) is 53.3 Å². The lowest BCUT2D eigenvalue weighted by Crippen LogP contribution is -2.03. The molecule has 0 radical (unpaired) electrons. The molecule has 6 aromatic heterocycles. The van der Waals surface area contributed by atoms with Gasteiger partial charge in [0.25, 0.3) is 0 Å². The van der Waals surface area contributed by atoms with Crippen LogP contribution >= 0.6 is 34.2 Å². The Morgan fingerprint density at radius 3 is 2.27 bits per heavy atom.